The fourth-order valence-electron chi connectivity index (χ4n) is 4.36. The number of nitrogens with one attached hydrogen (secondary N) is 1. The number of aromatic nitrogens is 3. The predicted octanol–water partition coefficient (Wildman–Crippen LogP) is 4.91. The van der Waals surface area contributed by atoms with E-state index in [1.54, 1.807) is 13.3 Å². The van der Waals surface area contributed by atoms with Crippen LogP contribution in [0.2, 0.25) is 5.15 Å². The van der Waals surface area contributed by atoms with Crippen LogP contribution in [0.15, 0.2) is 54.9 Å². The zero-order valence-corrected chi connectivity index (χ0v) is 18.6. The number of likely N-dealkylation sites (tertiary alicyclic amines) is 1. The molecule has 1 aliphatic rings. The highest BCUT2D eigenvalue weighted by Gasteiger charge is 2.18. The van der Waals surface area contributed by atoms with Crippen molar-refractivity contribution in [2.24, 2.45) is 0 Å². The highest BCUT2D eigenvalue weighted by Crippen LogP contribution is 2.36. The van der Waals surface area contributed by atoms with E-state index < -0.39 is 0 Å². The summed E-state index contributed by atoms with van der Waals surface area (Å²) in [4.78, 5) is 14.4. The first kappa shape index (κ1) is 20.9. The molecule has 5 rings (SSSR count). The Balaban J connectivity index is 1.43. The molecule has 1 unspecified atom stereocenters. The number of aliphatic hydroxyl groups excluding tert-OH is 1. The van der Waals surface area contributed by atoms with Gasteiger partial charge in [-0.2, -0.15) is 0 Å². The van der Waals surface area contributed by atoms with Crippen LogP contribution in [-0.4, -0.2) is 51.3 Å². The van der Waals surface area contributed by atoms with Crippen molar-refractivity contribution in [2.75, 3.05) is 20.2 Å². The molecule has 6 nitrogen and oxygen atoms in total. The molecule has 1 fully saturated rings. The summed E-state index contributed by atoms with van der Waals surface area (Å²) in [6.07, 6.45) is 5.37. The van der Waals surface area contributed by atoms with E-state index in [4.69, 9.17) is 16.3 Å². The number of aromatic amines is 1. The van der Waals surface area contributed by atoms with Crippen LogP contribution >= 0.6 is 11.6 Å². The molecule has 1 aliphatic heterocycles. The lowest BCUT2D eigenvalue weighted by Gasteiger charge is -2.29. The number of H-pyrrole nitrogens is 1. The molecular formula is C25H25ClN4O2. The monoisotopic (exact) mass is 448 g/mol. The van der Waals surface area contributed by atoms with Crippen molar-refractivity contribution in [1.29, 1.82) is 0 Å². The third kappa shape index (κ3) is 4.21. The number of hydrogen-bond donors (Lipinski definition) is 2. The summed E-state index contributed by atoms with van der Waals surface area (Å²) in [5.41, 5.74) is 5.89. The smallest absolute Gasteiger partial charge is 0.212 e. The first-order valence-electron chi connectivity index (χ1n) is 10.8. The van der Waals surface area contributed by atoms with Gasteiger partial charge >= 0.3 is 0 Å². The van der Waals surface area contributed by atoms with Crippen LogP contribution in [0.4, 0.5) is 0 Å². The fourth-order valence-corrected chi connectivity index (χ4v) is 4.66. The number of benzene rings is 1. The molecule has 164 valence electrons. The highest BCUT2D eigenvalue weighted by atomic mass is 35.5. The van der Waals surface area contributed by atoms with E-state index in [1.807, 2.05) is 18.3 Å². The van der Waals surface area contributed by atoms with Gasteiger partial charge in [0.15, 0.2) is 0 Å². The van der Waals surface area contributed by atoms with Crippen molar-refractivity contribution in [3.8, 4) is 28.1 Å². The Morgan fingerprint density at radius 1 is 1.09 bits per heavy atom. The van der Waals surface area contributed by atoms with Crippen molar-refractivity contribution in [2.45, 2.75) is 25.5 Å². The summed E-state index contributed by atoms with van der Waals surface area (Å²) in [7, 11) is 1.60. The van der Waals surface area contributed by atoms with Gasteiger partial charge in [0.25, 0.3) is 0 Å². The molecule has 0 aliphatic carbocycles. The number of halogens is 1. The lowest BCUT2D eigenvalue weighted by atomic mass is 10.0. The van der Waals surface area contributed by atoms with Crippen molar-refractivity contribution < 1.29 is 9.84 Å². The summed E-state index contributed by atoms with van der Waals surface area (Å²) in [5.74, 6) is 0.558. The third-order valence-corrected chi connectivity index (χ3v) is 6.30. The van der Waals surface area contributed by atoms with Crippen molar-refractivity contribution >= 4 is 22.6 Å². The maximum Gasteiger partial charge on any atom is 0.212 e. The quantitative estimate of drug-likeness (QED) is 0.453. The summed E-state index contributed by atoms with van der Waals surface area (Å²) < 4.78 is 5.16. The summed E-state index contributed by atoms with van der Waals surface area (Å²) in [5, 5.41) is 11.4. The first-order valence-corrected chi connectivity index (χ1v) is 11.2. The van der Waals surface area contributed by atoms with Gasteiger partial charge in [0.1, 0.15) is 10.8 Å². The zero-order chi connectivity index (χ0) is 22.1. The standard InChI is InChI=1S/C25H25ClN4O2/c1-32-22-9-8-18(12-27-22)23-21-11-19(13-28-25(21)29-24(23)26)17-6-4-16(5-7-17)14-30-10-2-3-20(31)15-30/h4-9,11-13,20,31H,2-3,10,14-15H2,1H3,(H,28,29). The number of ether oxygens (including phenoxy) is 1. The van der Waals surface area contributed by atoms with Gasteiger partial charge in [0.05, 0.1) is 13.2 Å². The molecule has 0 saturated carbocycles. The van der Waals surface area contributed by atoms with E-state index in [0.29, 0.717) is 11.0 Å². The Hall–Kier alpha value is -2.93. The molecule has 0 amide bonds. The number of methoxy groups -OCH3 is 1. The van der Waals surface area contributed by atoms with E-state index >= 15 is 0 Å². The zero-order valence-electron chi connectivity index (χ0n) is 17.9. The maximum atomic E-state index is 9.90. The predicted molar refractivity (Wildman–Crippen MR) is 127 cm³/mol. The Kier molecular flexibility index (Phi) is 5.83. The summed E-state index contributed by atoms with van der Waals surface area (Å²) in [6, 6.07) is 14.4. The highest BCUT2D eigenvalue weighted by molar-refractivity contribution is 6.34. The van der Waals surface area contributed by atoms with Gasteiger partial charge in [-0.1, -0.05) is 35.9 Å². The molecule has 3 aromatic heterocycles. The number of fused-ring (bicyclic) bond motifs is 1. The number of hydrogen-bond acceptors (Lipinski definition) is 5. The average molecular weight is 449 g/mol. The topological polar surface area (TPSA) is 74.3 Å². The van der Waals surface area contributed by atoms with Crippen molar-refractivity contribution in [3.05, 3.63) is 65.6 Å². The number of nitrogens with zero attached hydrogens (tertiary/aromatic N) is 3. The minimum absolute atomic E-state index is 0.205. The molecular weight excluding hydrogens is 424 g/mol. The number of pyridine rings is 2. The first-order chi connectivity index (χ1) is 15.6. The molecule has 32 heavy (non-hydrogen) atoms. The van der Waals surface area contributed by atoms with Gasteiger partial charge in [0.2, 0.25) is 5.88 Å². The molecule has 4 aromatic rings. The molecule has 0 bridgehead atoms. The molecule has 0 radical (unpaired) electrons. The Morgan fingerprint density at radius 3 is 2.59 bits per heavy atom. The van der Waals surface area contributed by atoms with Gasteiger partial charge in [-0.25, -0.2) is 9.97 Å². The SMILES string of the molecule is COc1ccc(-c2c(Cl)[nH]c3ncc(-c4ccc(CN5CCCC(O)C5)cc4)cc23)cn1. The third-order valence-electron chi connectivity index (χ3n) is 6.01. The fraction of sp³-hybridized carbons (Fsp3) is 0.280. The lowest BCUT2D eigenvalue weighted by molar-refractivity contribution is 0.0668. The van der Waals surface area contributed by atoms with Gasteiger partial charge in [-0.05, 0) is 42.6 Å². The Morgan fingerprint density at radius 2 is 1.88 bits per heavy atom. The minimum atomic E-state index is -0.205. The van der Waals surface area contributed by atoms with E-state index in [-0.39, 0.29) is 6.10 Å². The van der Waals surface area contributed by atoms with Gasteiger partial charge in [-0.15, -0.1) is 0 Å². The summed E-state index contributed by atoms with van der Waals surface area (Å²) in [6.45, 7) is 2.65. The molecule has 7 heteroatoms. The van der Waals surface area contributed by atoms with Gasteiger partial charge in [-0.3, -0.25) is 4.90 Å². The van der Waals surface area contributed by atoms with Gasteiger partial charge < -0.3 is 14.8 Å². The van der Waals surface area contributed by atoms with Crippen LogP contribution in [-0.2, 0) is 6.54 Å². The van der Waals surface area contributed by atoms with Crippen molar-refractivity contribution in [3.63, 3.8) is 0 Å². The van der Waals surface area contributed by atoms with Crippen LogP contribution in [0.3, 0.4) is 0 Å². The van der Waals surface area contributed by atoms with E-state index in [0.717, 1.165) is 65.8 Å². The lowest BCUT2D eigenvalue weighted by Crippen LogP contribution is -2.37. The number of piperidine rings is 1. The Labute approximate surface area is 191 Å². The maximum absolute atomic E-state index is 9.90. The van der Waals surface area contributed by atoms with Crippen LogP contribution in [0.1, 0.15) is 18.4 Å². The number of β-amino-alcohol motifs (C(OH)–C–C–N with tert-alkyl or cyclic N) is 1. The van der Waals surface area contributed by atoms with Crippen LogP contribution in [0, 0.1) is 0 Å². The van der Waals surface area contributed by atoms with Crippen LogP contribution < -0.4 is 4.74 Å². The normalized spacial score (nSPS) is 17.0. The largest absolute Gasteiger partial charge is 0.481 e. The average Bonchev–Trinajstić information content (AvgIpc) is 3.14. The molecule has 1 saturated heterocycles. The second-order valence-electron chi connectivity index (χ2n) is 8.25. The Bertz CT molecular complexity index is 1220. The summed E-state index contributed by atoms with van der Waals surface area (Å²) >= 11 is 6.52. The van der Waals surface area contributed by atoms with Crippen LogP contribution in [0.5, 0.6) is 5.88 Å². The molecule has 1 atom stereocenters. The van der Waals surface area contributed by atoms with E-state index in [1.165, 1.54) is 5.56 Å². The van der Waals surface area contributed by atoms with E-state index in [9.17, 15) is 5.11 Å². The molecule has 1 aromatic carbocycles. The molecule has 2 N–H and O–H groups in total. The minimum Gasteiger partial charge on any atom is -0.481 e. The van der Waals surface area contributed by atoms with E-state index in [2.05, 4.69) is 50.2 Å². The second-order valence-corrected chi connectivity index (χ2v) is 8.63. The number of rotatable bonds is 5. The number of aliphatic hydroxyl groups is 1. The second kappa shape index (κ2) is 8.90. The van der Waals surface area contributed by atoms with Crippen LogP contribution in [0.25, 0.3) is 33.3 Å². The van der Waals surface area contributed by atoms with Crippen molar-refractivity contribution in [1.82, 2.24) is 19.9 Å². The van der Waals surface area contributed by atoms with Gasteiger partial charge in [0, 0.05) is 53.6 Å². The molecule has 4 heterocycles. The molecule has 0 spiro atoms.